The van der Waals surface area contributed by atoms with Crippen molar-refractivity contribution >= 4 is 38.4 Å². The summed E-state index contributed by atoms with van der Waals surface area (Å²) in [6, 6.07) is 19.3. The summed E-state index contributed by atoms with van der Waals surface area (Å²) in [5, 5.41) is 4.69. The molecule has 1 heterocycles. The molecule has 8 heteroatoms. The molecule has 1 saturated heterocycles. The molecule has 35 heavy (non-hydrogen) atoms. The second-order valence-electron chi connectivity index (χ2n) is 8.77. The lowest BCUT2D eigenvalue weighted by Crippen LogP contribution is -2.43. The standard InChI is InChI=1S/C27H30N2O5S/c1-2-3-17-34-27(31)21-10-13-24(14-11-21)28-26(30)23-9-6-16-29(19-23)35(32,33)25-15-12-20-7-4-5-8-22(20)18-25/h4-5,7-8,10-15,18,23H,2-3,6,9,16-17,19H2,1H3,(H,28,30)/t23-/m0/s1. The summed E-state index contributed by atoms with van der Waals surface area (Å²) in [4.78, 5) is 25.2. The Balaban J connectivity index is 1.40. The van der Waals surface area contributed by atoms with E-state index >= 15 is 0 Å². The Morgan fingerprint density at radius 3 is 2.51 bits per heavy atom. The van der Waals surface area contributed by atoms with E-state index in [-0.39, 0.29) is 17.3 Å². The highest BCUT2D eigenvalue weighted by molar-refractivity contribution is 7.89. The Morgan fingerprint density at radius 2 is 1.77 bits per heavy atom. The van der Waals surface area contributed by atoms with Crippen LogP contribution in [-0.4, -0.2) is 44.3 Å². The van der Waals surface area contributed by atoms with Crippen LogP contribution in [0.15, 0.2) is 71.6 Å². The molecule has 1 fully saturated rings. The summed E-state index contributed by atoms with van der Waals surface area (Å²) in [5.74, 6) is -1.09. The third kappa shape index (κ3) is 5.89. The van der Waals surface area contributed by atoms with Gasteiger partial charge in [0.05, 0.1) is 23.0 Å². The Labute approximate surface area is 206 Å². The molecular weight excluding hydrogens is 464 g/mol. The maximum Gasteiger partial charge on any atom is 0.338 e. The molecule has 0 radical (unpaired) electrons. The van der Waals surface area contributed by atoms with Crippen molar-refractivity contribution in [2.75, 3.05) is 25.0 Å². The van der Waals surface area contributed by atoms with Crippen LogP contribution in [0.2, 0.25) is 0 Å². The predicted molar refractivity (Wildman–Crippen MR) is 136 cm³/mol. The van der Waals surface area contributed by atoms with Crippen molar-refractivity contribution in [1.82, 2.24) is 4.31 Å². The van der Waals surface area contributed by atoms with Crippen LogP contribution in [0.1, 0.15) is 43.0 Å². The number of benzene rings is 3. The van der Waals surface area contributed by atoms with Gasteiger partial charge in [-0.2, -0.15) is 4.31 Å². The molecule has 0 bridgehead atoms. The van der Waals surface area contributed by atoms with Crippen LogP contribution >= 0.6 is 0 Å². The number of ether oxygens (including phenoxy) is 1. The number of anilines is 1. The second-order valence-corrected chi connectivity index (χ2v) is 10.7. The van der Waals surface area contributed by atoms with Gasteiger partial charge in [0.25, 0.3) is 0 Å². The van der Waals surface area contributed by atoms with Crippen molar-refractivity contribution in [3.63, 3.8) is 0 Å². The zero-order chi connectivity index (χ0) is 24.8. The number of carbonyl (C=O) groups excluding carboxylic acids is 2. The molecule has 184 valence electrons. The second kappa shape index (κ2) is 11.0. The monoisotopic (exact) mass is 494 g/mol. The van der Waals surface area contributed by atoms with Crippen LogP contribution in [0.4, 0.5) is 5.69 Å². The molecule has 0 unspecified atom stereocenters. The lowest BCUT2D eigenvalue weighted by molar-refractivity contribution is -0.120. The molecule has 4 rings (SSSR count). The van der Waals surface area contributed by atoms with Gasteiger partial charge in [-0.05, 0) is 66.4 Å². The molecule has 0 saturated carbocycles. The van der Waals surface area contributed by atoms with Gasteiger partial charge in [0.2, 0.25) is 15.9 Å². The molecule has 3 aromatic carbocycles. The summed E-state index contributed by atoms with van der Waals surface area (Å²) in [6.07, 6.45) is 2.97. The molecule has 1 amide bonds. The van der Waals surface area contributed by atoms with Gasteiger partial charge in [0, 0.05) is 18.8 Å². The minimum absolute atomic E-state index is 0.128. The number of nitrogens with zero attached hydrogens (tertiary/aromatic N) is 1. The summed E-state index contributed by atoms with van der Waals surface area (Å²) in [6.45, 7) is 2.92. The van der Waals surface area contributed by atoms with E-state index in [0.717, 1.165) is 23.6 Å². The molecule has 1 aliphatic rings. The lowest BCUT2D eigenvalue weighted by Gasteiger charge is -2.31. The third-order valence-corrected chi connectivity index (χ3v) is 8.09. The van der Waals surface area contributed by atoms with Gasteiger partial charge in [0.15, 0.2) is 0 Å². The van der Waals surface area contributed by atoms with Crippen molar-refractivity contribution in [1.29, 1.82) is 0 Å². The summed E-state index contributed by atoms with van der Waals surface area (Å²) in [5.41, 5.74) is 0.971. The minimum Gasteiger partial charge on any atom is -0.462 e. The maximum atomic E-state index is 13.3. The van der Waals surface area contributed by atoms with Crippen molar-refractivity contribution in [2.24, 2.45) is 5.92 Å². The fraction of sp³-hybridized carbons (Fsp3) is 0.333. The van der Waals surface area contributed by atoms with E-state index in [1.54, 1.807) is 42.5 Å². The number of nitrogens with one attached hydrogen (secondary N) is 1. The SMILES string of the molecule is CCCCOC(=O)c1ccc(NC(=O)[C@H]2CCCN(S(=O)(=O)c3ccc4ccccc4c3)C2)cc1. The molecule has 7 nitrogen and oxygen atoms in total. The normalized spacial score (nSPS) is 16.7. The van der Waals surface area contributed by atoms with Gasteiger partial charge in [0.1, 0.15) is 0 Å². The molecule has 1 N–H and O–H groups in total. The van der Waals surface area contributed by atoms with Gasteiger partial charge in [-0.1, -0.05) is 43.7 Å². The van der Waals surface area contributed by atoms with Crippen LogP contribution in [0.5, 0.6) is 0 Å². The van der Waals surface area contributed by atoms with Crippen LogP contribution in [-0.2, 0) is 19.6 Å². The molecule has 1 aliphatic heterocycles. The van der Waals surface area contributed by atoms with E-state index in [1.165, 1.54) is 4.31 Å². The number of hydrogen-bond acceptors (Lipinski definition) is 5. The highest BCUT2D eigenvalue weighted by atomic mass is 32.2. The number of hydrogen-bond donors (Lipinski definition) is 1. The number of carbonyl (C=O) groups is 2. The fourth-order valence-corrected chi connectivity index (χ4v) is 5.74. The quantitative estimate of drug-likeness (QED) is 0.357. The molecule has 0 aromatic heterocycles. The Morgan fingerprint density at radius 1 is 1.03 bits per heavy atom. The number of sulfonamides is 1. The molecule has 0 aliphatic carbocycles. The molecular formula is C27H30N2O5S. The van der Waals surface area contributed by atoms with Gasteiger partial charge in [-0.3, -0.25) is 4.79 Å². The van der Waals surface area contributed by atoms with Crippen molar-refractivity contribution < 1.29 is 22.7 Å². The highest BCUT2D eigenvalue weighted by Crippen LogP contribution is 2.27. The summed E-state index contributed by atoms with van der Waals surface area (Å²) in [7, 11) is -3.72. The minimum atomic E-state index is -3.72. The lowest BCUT2D eigenvalue weighted by atomic mass is 9.98. The number of amides is 1. The van der Waals surface area contributed by atoms with E-state index in [4.69, 9.17) is 4.74 Å². The largest absolute Gasteiger partial charge is 0.462 e. The summed E-state index contributed by atoms with van der Waals surface area (Å²) >= 11 is 0. The zero-order valence-corrected chi connectivity index (χ0v) is 20.6. The average Bonchev–Trinajstić information content (AvgIpc) is 2.89. The smallest absolute Gasteiger partial charge is 0.338 e. The molecule has 3 aromatic rings. The number of esters is 1. The first kappa shape index (κ1) is 24.9. The molecule has 1 atom stereocenters. The van der Waals surface area contributed by atoms with E-state index in [0.29, 0.717) is 37.2 Å². The topological polar surface area (TPSA) is 92.8 Å². The average molecular weight is 495 g/mol. The number of piperidine rings is 1. The van der Waals surface area contributed by atoms with E-state index in [2.05, 4.69) is 5.32 Å². The number of rotatable bonds is 8. The zero-order valence-electron chi connectivity index (χ0n) is 19.8. The summed E-state index contributed by atoms with van der Waals surface area (Å²) < 4.78 is 33.2. The van der Waals surface area contributed by atoms with Crippen molar-refractivity contribution in [3.8, 4) is 0 Å². The van der Waals surface area contributed by atoms with E-state index in [9.17, 15) is 18.0 Å². The highest BCUT2D eigenvalue weighted by Gasteiger charge is 2.33. The van der Waals surface area contributed by atoms with Gasteiger partial charge in [-0.25, -0.2) is 13.2 Å². The van der Waals surface area contributed by atoms with Gasteiger partial charge < -0.3 is 10.1 Å². The van der Waals surface area contributed by atoms with Crippen molar-refractivity contribution in [2.45, 2.75) is 37.5 Å². The van der Waals surface area contributed by atoms with Gasteiger partial charge in [-0.15, -0.1) is 0 Å². The Bertz CT molecular complexity index is 1300. The Kier molecular flexibility index (Phi) is 7.83. The first-order valence-corrected chi connectivity index (χ1v) is 13.4. The number of fused-ring (bicyclic) bond motifs is 1. The molecule has 0 spiro atoms. The van der Waals surface area contributed by atoms with E-state index < -0.39 is 21.9 Å². The van der Waals surface area contributed by atoms with Crippen LogP contribution in [0.3, 0.4) is 0 Å². The fourth-order valence-electron chi connectivity index (χ4n) is 4.18. The van der Waals surface area contributed by atoms with Crippen LogP contribution in [0.25, 0.3) is 10.8 Å². The Hall–Kier alpha value is -3.23. The third-order valence-electron chi connectivity index (χ3n) is 6.23. The first-order valence-electron chi connectivity index (χ1n) is 12.0. The number of unbranched alkanes of at least 4 members (excludes halogenated alkanes) is 1. The van der Waals surface area contributed by atoms with E-state index in [1.807, 2.05) is 31.2 Å². The van der Waals surface area contributed by atoms with Crippen molar-refractivity contribution in [3.05, 3.63) is 72.3 Å². The maximum absolute atomic E-state index is 13.3. The van der Waals surface area contributed by atoms with Crippen LogP contribution in [0, 0.1) is 5.92 Å². The first-order chi connectivity index (χ1) is 16.9. The van der Waals surface area contributed by atoms with Gasteiger partial charge >= 0.3 is 5.97 Å². The van der Waals surface area contributed by atoms with Crippen LogP contribution < -0.4 is 5.32 Å². The predicted octanol–water partition coefficient (Wildman–Crippen LogP) is 4.84.